The Morgan fingerprint density at radius 3 is 2.87 bits per heavy atom. The third-order valence-electron chi connectivity index (χ3n) is 4.33. The monoisotopic (exact) mass is 348 g/mol. The second-order valence-corrected chi connectivity index (χ2v) is 6.87. The molecule has 0 bridgehead atoms. The first-order valence-corrected chi connectivity index (χ1v) is 8.18. The van der Waals surface area contributed by atoms with Crippen LogP contribution >= 0.6 is 23.2 Å². The fourth-order valence-corrected chi connectivity index (χ4v) is 3.64. The Bertz CT molecular complexity index is 842. The number of hydrogen-bond donors (Lipinski definition) is 1. The highest BCUT2D eigenvalue weighted by molar-refractivity contribution is 6.42. The number of allylic oxidation sites excluding steroid dienone is 2. The van der Waals surface area contributed by atoms with Crippen LogP contribution in [0.4, 0.5) is 5.95 Å². The van der Waals surface area contributed by atoms with Crippen molar-refractivity contribution in [2.24, 2.45) is 5.92 Å². The van der Waals surface area contributed by atoms with Gasteiger partial charge < -0.3 is 5.32 Å². The Labute approximate surface area is 143 Å². The highest BCUT2D eigenvalue weighted by Gasteiger charge is 2.37. The molecule has 2 aromatic rings. The first-order valence-electron chi connectivity index (χ1n) is 7.42. The van der Waals surface area contributed by atoms with Gasteiger partial charge in [0.25, 0.3) is 0 Å². The number of hydrogen-bond acceptors (Lipinski definition) is 4. The summed E-state index contributed by atoms with van der Waals surface area (Å²) in [5, 5.41) is 8.49. The van der Waals surface area contributed by atoms with E-state index in [0.29, 0.717) is 28.3 Å². The summed E-state index contributed by atoms with van der Waals surface area (Å²) in [5.74, 6) is 1.10. The molecular weight excluding hydrogens is 335 g/mol. The number of anilines is 1. The molecule has 118 valence electrons. The van der Waals surface area contributed by atoms with Crippen molar-refractivity contribution in [2.45, 2.75) is 25.8 Å². The Morgan fingerprint density at radius 2 is 2.09 bits per heavy atom. The molecular formula is C16H14Cl2N4O. The predicted octanol–water partition coefficient (Wildman–Crippen LogP) is 3.85. The number of Topliss-reactive ketones (excluding diaryl/α,β-unsaturated/α-hetero) is 1. The average molecular weight is 349 g/mol. The van der Waals surface area contributed by atoms with E-state index in [-0.39, 0.29) is 11.8 Å². The number of carbonyl (C=O) groups is 1. The van der Waals surface area contributed by atoms with E-state index in [1.54, 1.807) is 16.8 Å². The van der Waals surface area contributed by atoms with E-state index in [1.807, 2.05) is 6.07 Å². The zero-order chi connectivity index (χ0) is 16.1. The Kier molecular flexibility index (Phi) is 3.43. The van der Waals surface area contributed by atoms with E-state index < -0.39 is 0 Å². The molecule has 0 unspecified atom stereocenters. The standard InChI is InChI=1S/C16H14Cl2N4O/c1-8-4-12-14(13(23)5-8)15(22-16(21-12)19-7-20-22)9-2-3-10(17)11(18)6-9/h2-3,6-8,15H,4-5H2,1H3,(H,19,20,21)/t8-,15+/m1/s1. The number of fused-ring (bicyclic) bond motifs is 1. The molecule has 4 rings (SSSR count). The number of nitrogens with zero attached hydrogens (tertiary/aromatic N) is 3. The number of carbonyl (C=O) groups excluding carboxylic acids is 1. The van der Waals surface area contributed by atoms with Crippen LogP contribution in [0.3, 0.4) is 0 Å². The fourth-order valence-electron chi connectivity index (χ4n) is 3.34. The number of rotatable bonds is 1. The van der Waals surface area contributed by atoms with Crippen molar-refractivity contribution in [1.29, 1.82) is 0 Å². The van der Waals surface area contributed by atoms with Crippen molar-refractivity contribution in [3.05, 3.63) is 51.4 Å². The van der Waals surface area contributed by atoms with Crippen LogP contribution in [0.5, 0.6) is 0 Å². The summed E-state index contributed by atoms with van der Waals surface area (Å²) in [4.78, 5) is 16.9. The molecule has 7 heteroatoms. The summed E-state index contributed by atoms with van der Waals surface area (Å²) < 4.78 is 1.73. The van der Waals surface area contributed by atoms with Gasteiger partial charge in [-0.3, -0.25) is 4.79 Å². The maximum Gasteiger partial charge on any atom is 0.226 e. The fraction of sp³-hybridized carbons (Fsp3) is 0.312. The van der Waals surface area contributed by atoms with Gasteiger partial charge in [0.2, 0.25) is 5.95 Å². The summed E-state index contributed by atoms with van der Waals surface area (Å²) in [6.07, 6.45) is 2.85. The molecule has 0 saturated heterocycles. The van der Waals surface area contributed by atoms with Gasteiger partial charge >= 0.3 is 0 Å². The van der Waals surface area contributed by atoms with E-state index in [2.05, 4.69) is 22.3 Å². The van der Waals surface area contributed by atoms with Gasteiger partial charge in [0.1, 0.15) is 12.4 Å². The molecule has 0 saturated carbocycles. The molecule has 5 nitrogen and oxygen atoms in total. The van der Waals surface area contributed by atoms with E-state index in [9.17, 15) is 4.79 Å². The van der Waals surface area contributed by atoms with Gasteiger partial charge in [-0.25, -0.2) is 4.68 Å². The third-order valence-corrected chi connectivity index (χ3v) is 5.06. The normalized spacial score (nSPS) is 23.3. The molecule has 1 aliphatic carbocycles. The molecule has 23 heavy (non-hydrogen) atoms. The molecule has 1 aromatic carbocycles. The van der Waals surface area contributed by atoms with E-state index >= 15 is 0 Å². The highest BCUT2D eigenvalue weighted by Crippen LogP contribution is 2.41. The first kappa shape index (κ1) is 14.7. The summed E-state index contributed by atoms with van der Waals surface area (Å²) in [6, 6.07) is 5.10. The smallest absolute Gasteiger partial charge is 0.226 e. The molecule has 1 N–H and O–H groups in total. The zero-order valence-corrected chi connectivity index (χ0v) is 13.9. The van der Waals surface area contributed by atoms with Gasteiger partial charge in [0, 0.05) is 17.7 Å². The minimum atomic E-state index is -0.321. The van der Waals surface area contributed by atoms with Crippen LogP contribution < -0.4 is 5.32 Å². The van der Waals surface area contributed by atoms with Crippen LogP contribution in [0.15, 0.2) is 35.8 Å². The van der Waals surface area contributed by atoms with Gasteiger partial charge in [0.05, 0.1) is 10.0 Å². The van der Waals surface area contributed by atoms with E-state index in [4.69, 9.17) is 23.2 Å². The van der Waals surface area contributed by atoms with Gasteiger partial charge in [-0.15, -0.1) is 0 Å². The zero-order valence-electron chi connectivity index (χ0n) is 12.4. The Balaban J connectivity index is 1.91. The van der Waals surface area contributed by atoms with Gasteiger partial charge in [-0.1, -0.05) is 36.2 Å². The lowest BCUT2D eigenvalue weighted by Crippen LogP contribution is -2.33. The SMILES string of the molecule is C[C@H]1CC(=O)C2=C(C1)Nc1ncnn1[C@H]2c1ccc(Cl)c(Cl)c1. The summed E-state index contributed by atoms with van der Waals surface area (Å²) in [6.45, 7) is 2.08. The van der Waals surface area contributed by atoms with Crippen molar-refractivity contribution in [1.82, 2.24) is 14.8 Å². The van der Waals surface area contributed by atoms with E-state index in [1.165, 1.54) is 6.33 Å². The number of nitrogens with one attached hydrogen (secondary N) is 1. The van der Waals surface area contributed by atoms with Crippen LogP contribution in [0.2, 0.25) is 10.0 Å². The molecule has 2 heterocycles. The lowest BCUT2D eigenvalue weighted by atomic mass is 9.81. The second kappa shape index (κ2) is 5.35. The summed E-state index contributed by atoms with van der Waals surface area (Å²) >= 11 is 12.2. The van der Waals surface area contributed by atoms with Crippen molar-refractivity contribution >= 4 is 34.9 Å². The van der Waals surface area contributed by atoms with Crippen molar-refractivity contribution in [3.63, 3.8) is 0 Å². The average Bonchev–Trinajstić information content (AvgIpc) is 2.95. The molecule has 0 amide bonds. The number of benzene rings is 1. The van der Waals surface area contributed by atoms with Crippen LogP contribution in [-0.4, -0.2) is 20.5 Å². The lowest BCUT2D eigenvalue weighted by molar-refractivity contribution is -0.117. The van der Waals surface area contributed by atoms with Crippen LogP contribution in [0.1, 0.15) is 31.4 Å². The number of ketones is 1. The Hall–Kier alpha value is -1.85. The van der Waals surface area contributed by atoms with E-state index in [0.717, 1.165) is 23.3 Å². The molecule has 2 aliphatic rings. The quantitative estimate of drug-likeness (QED) is 0.850. The molecule has 1 aliphatic heterocycles. The maximum absolute atomic E-state index is 12.7. The largest absolute Gasteiger partial charge is 0.328 e. The molecule has 0 fully saturated rings. The van der Waals surface area contributed by atoms with Crippen molar-refractivity contribution in [3.8, 4) is 0 Å². The molecule has 0 radical (unpaired) electrons. The van der Waals surface area contributed by atoms with Crippen molar-refractivity contribution in [2.75, 3.05) is 5.32 Å². The van der Waals surface area contributed by atoms with Gasteiger partial charge in [-0.05, 0) is 30.0 Å². The maximum atomic E-state index is 12.7. The minimum absolute atomic E-state index is 0.142. The number of halogens is 2. The van der Waals surface area contributed by atoms with Crippen LogP contribution in [0.25, 0.3) is 0 Å². The second-order valence-electron chi connectivity index (χ2n) is 6.06. The topological polar surface area (TPSA) is 59.8 Å². The Morgan fingerprint density at radius 1 is 1.26 bits per heavy atom. The molecule has 0 spiro atoms. The van der Waals surface area contributed by atoms with Gasteiger partial charge in [0.15, 0.2) is 5.78 Å². The lowest BCUT2D eigenvalue weighted by Gasteiger charge is -2.34. The molecule has 1 aromatic heterocycles. The highest BCUT2D eigenvalue weighted by atomic mass is 35.5. The van der Waals surface area contributed by atoms with Crippen molar-refractivity contribution < 1.29 is 4.79 Å². The van der Waals surface area contributed by atoms with Crippen LogP contribution in [-0.2, 0) is 4.79 Å². The third kappa shape index (κ3) is 2.35. The van der Waals surface area contributed by atoms with Crippen LogP contribution in [0, 0.1) is 5.92 Å². The minimum Gasteiger partial charge on any atom is -0.328 e. The molecule has 2 atom stereocenters. The summed E-state index contributed by atoms with van der Waals surface area (Å²) in [7, 11) is 0. The van der Waals surface area contributed by atoms with Gasteiger partial charge in [-0.2, -0.15) is 10.1 Å². The number of aromatic nitrogens is 3. The predicted molar refractivity (Wildman–Crippen MR) is 88.7 cm³/mol. The first-order chi connectivity index (χ1) is 11.0. The summed E-state index contributed by atoms with van der Waals surface area (Å²) in [5.41, 5.74) is 2.56.